The lowest BCUT2D eigenvalue weighted by Crippen LogP contribution is -1.90. The van der Waals surface area contributed by atoms with E-state index in [1.165, 1.54) is 4.68 Å². The Kier molecular flexibility index (Phi) is 1.94. The molecule has 0 aliphatic carbocycles. The molecule has 0 bridgehead atoms. The standard InChI is InChI=1S/C7H12N2O/c1-3-4-6-5-7(10)9(2)8-6/h5,10H,3-4H2,1-2H3. The van der Waals surface area contributed by atoms with Crippen LogP contribution in [0.15, 0.2) is 6.07 Å². The summed E-state index contributed by atoms with van der Waals surface area (Å²) >= 11 is 0. The van der Waals surface area contributed by atoms with Crippen LogP contribution in [0.25, 0.3) is 0 Å². The monoisotopic (exact) mass is 140 g/mol. The first-order valence-corrected chi connectivity index (χ1v) is 3.46. The lowest BCUT2D eigenvalue weighted by molar-refractivity contribution is 0.419. The summed E-state index contributed by atoms with van der Waals surface area (Å²) in [5.74, 6) is 0.239. The smallest absolute Gasteiger partial charge is 0.209 e. The van der Waals surface area contributed by atoms with Crippen LogP contribution in [0.3, 0.4) is 0 Å². The Labute approximate surface area is 60.3 Å². The molecule has 0 amide bonds. The van der Waals surface area contributed by atoms with Crippen molar-refractivity contribution in [1.29, 1.82) is 0 Å². The van der Waals surface area contributed by atoms with Crippen molar-refractivity contribution in [3.8, 4) is 5.88 Å². The minimum absolute atomic E-state index is 0.239. The van der Waals surface area contributed by atoms with Crippen LogP contribution in [-0.4, -0.2) is 14.9 Å². The van der Waals surface area contributed by atoms with Crippen LogP contribution in [0.4, 0.5) is 0 Å². The second-order valence-electron chi connectivity index (χ2n) is 2.37. The normalized spacial score (nSPS) is 10.2. The first kappa shape index (κ1) is 7.12. The van der Waals surface area contributed by atoms with Crippen LogP contribution in [0.1, 0.15) is 19.0 Å². The summed E-state index contributed by atoms with van der Waals surface area (Å²) in [5.41, 5.74) is 0.961. The van der Waals surface area contributed by atoms with Gasteiger partial charge in [0.05, 0.1) is 5.69 Å². The van der Waals surface area contributed by atoms with Crippen LogP contribution in [0.5, 0.6) is 5.88 Å². The van der Waals surface area contributed by atoms with Gasteiger partial charge in [0.25, 0.3) is 0 Å². The fraction of sp³-hybridized carbons (Fsp3) is 0.571. The largest absolute Gasteiger partial charge is 0.493 e. The topological polar surface area (TPSA) is 38.0 Å². The predicted molar refractivity (Wildman–Crippen MR) is 38.9 cm³/mol. The van der Waals surface area contributed by atoms with Gasteiger partial charge in [-0.05, 0) is 6.42 Å². The van der Waals surface area contributed by atoms with Gasteiger partial charge in [0.15, 0.2) is 0 Å². The zero-order valence-electron chi connectivity index (χ0n) is 6.33. The minimum atomic E-state index is 0.239. The van der Waals surface area contributed by atoms with Crippen LogP contribution in [-0.2, 0) is 13.5 Å². The van der Waals surface area contributed by atoms with Crippen molar-refractivity contribution < 1.29 is 5.11 Å². The zero-order valence-corrected chi connectivity index (χ0v) is 6.33. The highest BCUT2D eigenvalue weighted by Gasteiger charge is 2.00. The Morgan fingerprint density at radius 3 is 2.80 bits per heavy atom. The van der Waals surface area contributed by atoms with Gasteiger partial charge < -0.3 is 5.11 Å². The molecular formula is C7H12N2O. The zero-order chi connectivity index (χ0) is 7.56. The third kappa shape index (κ3) is 1.29. The highest BCUT2D eigenvalue weighted by atomic mass is 16.3. The first-order valence-electron chi connectivity index (χ1n) is 3.46. The highest BCUT2D eigenvalue weighted by molar-refractivity contribution is 5.13. The Morgan fingerprint density at radius 2 is 2.40 bits per heavy atom. The summed E-state index contributed by atoms with van der Waals surface area (Å²) in [4.78, 5) is 0. The Hall–Kier alpha value is -0.990. The van der Waals surface area contributed by atoms with Crippen molar-refractivity contribution in [2.75, 3.05) is 0 Å². The van der Waals surface area contributed by atoms with E-state index < -0.39 is 0 Å². The Bertz CT molecular complexity index is 198. The molecule has 1 rings (SSSR count). The van der Waals surface area contributed by atoms with Crippen molar-refractivity contribution >= 4 is 0 Å². The fourth-order valence-electron chi connectivity index (χ4n) is 0.894. The van der Waals surface area contributed by atoms with Crippen molar-refractivity contribution in [3.05, 3.63) is 11.8 Å². The van der Waals surface area contributed by atoms with E-state index in [0.29, 0.717) is 0 Å². The molecule has 1 N–H and O–H groups in total. The maximum atomic E-state index is 9.07. The SMILES string of the molecule is CCCc1cc(O)n(C)n1. The molecule has 0 saturated heterocycles. The summed E-state index contributed by atoms with van der Waals surface area (Å²) in [5, 5.41) is 13.1. The van der Waals surface area contributed by atoms with Gasteiger partial charge in [-0.25, -0.2) is 4.68 Å². The molecule has 0 spiro atoms. The fourth-order valence-corrected chi connectivity index (χ4v) is 0.894. The quantitative estimate of drug-likeness (QED) is 0.667. The van der Waals surface area contributed by atoms with Crippen LogP contribution < -0.4 is 0 Å². The van der Waals surface area contributed by atoms with Crippen molar-refractivity contribution in [3.63, 3.8) is 0 Å². The van der Waals surface area contributed by atoms with E-state index in [1.807, 2.05) is 0 Å². The Balaban J connectivity index is 2.77. The molecule has 0 aromatic carbocycles. The van der Waals surface area contributed by atoms with Crippen molar-refractivity contribution in [2.45, 2.75) is 19.8 Å². The number of aryl methyl sites for hydroxylation is 2. The second kappa shape index (κ2) is 2.73. The van der Waals surface area contributed by atoms with Crippen LogP contribution in [0, 0.1) is 0 Å². The van der Waals surface area contributed by atoms with E-state index in [-0.39, 0.29) is 5.88 Å². The molecule has 0 aliphatic heterocycles. The van der Waals surface area contributed by atoms with E-state index in [9.17, 15) is 0 Å². The molecule has 3 nitrogen and oxygen atoms in total. The van der Waals surface area contributed by atoms with Gasteiger partial charge in [0, 0.05) is 13.1 Å². The first-order chi connectivity index (χ1) is 4.74. The molecule has 3 heteroatoms. The molecule has 10 heavy (non-hydrogen) atoms. The van der Waals surface area contributed by atoms with E-state index >= 15 is 0 Å². The second-order valence-corrected chi connectivity index (χ2v) is 2.37. The highest BCUT2D eigenvalue weighted by Crippen LogP contribution is 2.09. The summed E-state index contributed by atoms with van der Waals surface area (Å²) in [6.45, 7) is 2.09. The average molecular weight is 140 g/mol. The molecule has 0 atom stereocenters. The number of aromatic hydroxyl groups is 1. The van der Waals surface area contributed by atoms with Gasteiger partial charge in [-0.1, -0.05) is 13.3 Å². The Morgan fingerprint density at radius 1 is 1.70 bits per heavy atom. The maximum absolute atomic E-state index is 9.07. The summed E-state index contributed by atoms with van der Waals surface area (Å²) in [7, 11) is 1.73. The van der Waals surface area contributed by atoms with E-state index in [2.05, 4.69) is 12.0 Å². The lowest BCUT2D eigenvalue weighted by Gasteiger charge is -1.88. The maximum Gasteiger partial charge on any atom is 0.209 e. The van der Waals surface area contributed by atoms with Gasteiger partial charge in [0.1, 0.15) is 0 Å². The minimum Gasteiger partial charge on any atom is -0.493 e. The summed E-state index contributed by atoms with van der Waals surface area (Å²) in [6, 6.07) is 1.70. The molecule has 56 valence electrons. The van der Waals surface area contributed by atoms with Crippen LogP contribution >= 0.6 is 0 Å². The summed E-state index contributed by atoms with van der Waals surface area (Å²) in [6.07, 6.45) is 2.00. The van der Waals surface area contributed by atoms with E-state index in [1.54, 1.807) is 13.1 Å². The van der Waals surface area contributed by atoms with Gasteiger partial charge in [-0.15, -0.1) is 0 Å². The van der Waals surface area contributed by atoms with E-state index in [0.717, 1.165) is 18.5 Å². The summed E-state index contributed by atoms with van der Waals surface area (Å²) < 4.78 is 1.48. The molecule has 0 saturated carbocycles. The molecule has 1 aromatic heterocycles. The molecule has 0 aliphatic rings. The lowest BCUT2D eigenvalue weighted by atomic mass is 10.3. The van der Waals surface area contributed by atoms with E-state index in [4.69, 9.17) is 5.11 Å². The number of hydrogen-bond donors (Lipinski definition) is 1. The molecule has 0 fully saturated rings. The van der Waals surface area contributed by atoms with Gasteiger partial charge in [0.2, 0.25) is 5.88 Å². The van der Waals surface area contributed by atoms with Crippen molar-refractivity contribution in [2.24, 2.45) is 7.05 Å². The third-order valence-corrected chi connectivity index (χ3v) is 1.41. The van der Waals surface area contributed by atoms with Crippen molar-refractivity contribution in [1.82, 2.24) is 9.78 Å². The number of hydrogen-bond acceptors (Lipinski definition) is 2. The molecule has 1 heterocycles. The number of rotatable bonds is 2. The molecule has 0 radical (unpaired) electrons. The number of nitrogens with zero attached hydrogens (tertiary/aromatic N) is 2. The van der Waals surface area contributed by atoms with Crippen LogP contribution in [0.2, 0.25) is 0 Å². The van der Waals surface area contributed by atoms with Gasteiger partial charge in [-0.2, -0.15) is 5.10 Å². The molecule has 0 unspecified atom stereocenters. The molecule has 1 aromatic rings. The third-order valence-electron chi connectivity index (χ3n) is 1.41. The predicted octanol–water partition coefficient (Wildman–Crippen LogP) is 1.08. The number of aromatic nitrogens is 2. The molecular weight excluding hydrogens is 128 g/mol. The van der Waals surface area contributed by atoms with Gasteiger partial charge in [-0.3, -0.25) is 0 Å². The van der Waals surface area contributed by atoms with Gasteiger partial charge >= 0.3 is 0 Å². The average Bonchev–Trinajstić information content (AvgIpc) is 2.14.